The molecule has 2 rings (SSSR count). The van der Waals surface area contributed by atoms with Gasteiger partial charge in [0.25, 0.3) is 0 Å². The average Bonchev–Trinajstić information content (AvgIpc) is 2.37. The van der Waals surface area contributed by atoms with Gasteiger partial charge in [0, 0.05) is 28.8 Å². The van der Waals surface area contributed by atoms with E-state index < -0.39 is 0 Å². The minimum absolute atomic E-state index is 0.0468. The molecule has 0 saturated carbocycles. The van der Waals surface area contributed by atoms with Crippen molar-refractivity contribution in [3.63, 3.8) is 0 Å². The third-order valence-corrected chi connectivity index (χ3v) is 3.10. The van der Waals surface area contributed by atoms with E-state index in [9.17, 15) is 0 Å². The average molecular weight is 260 g/mol. The van der Waals surface area contributed by atoms with Gasteiger partial charge in [0.05, 0.1) is 19.7 Å². The number of nitrogens with zero attached hydrogens (tertiary/aromatic N) is 1. The molecule has 0 spiro atoms. The Balaban J connectivity index is 2.78. The Labute approximate surface area is 113 Å². The van der Waals surface area contributed by atoms with Crippen LogP contribution in [0.2, 0.25) is 0 Å². The summed E-state index contributed by atoms with van der Waals surface area (Å²) in [7, 11) is 3.34. The molecule has 0 fully saturated rings. The molecule has 0 aliphatic rings. The third kappa shape index (κ3) is 2.63. The fourth-order valence-electron chi connectivity index (χ4n) is 2.35. The second-order valence-corrected chi connectivity index (χ2v) is 4.79. The number of hydrogen-bond donors (Lipinski definition) is 1. The SMILES string of the molecule is COc1ccc2nc(C)cc(OC)c2c1CC(C)N. The fourth-order valence-corrected chi connectivity index (χ4v) is 2.35. The van der Waals surface area contributed by atoms with E-state index in [2.05, 4.69) is 4.98 Å². The molecule has 1 atom stereocenters. The second kappa shape index (κ2) is 5.45. The van der Waals surface area contributed by atoms with Crippen molar-refractivity contribution in [1.29, 1.82) is 0 Å². The first-order valence-electron chi connectivity index (χ1n) is 6.33. The third-order valence-electron chi connectivity index (χ3n) is 3.10. The Morgan fingerprint density at radius 2 is 1.89 bits per heavy atom. The summed E-state index contributed by atoms with van der Waals surface area (Å²) >= 11 is 0. The largest absolute Gasteiger partial charge is 0.496 e. The minimum Gasteiger partial charge on any atom is -0.496 e. The Hall–Kier alpha value is -1.81. The van der Waals surface area contributed by atoms with E-state index in [1.165, 1.54) is 0 Å². The van der Waals surface area contributed by atoms with E-state index in [-0.39, 0.29) is 6.04 Å². The number of ether oxygens (including phenoxy) is 2. The molecule has 2 aromatic rings. The van der Waals surface area contributed by atoms with Crippen molar-refractivity contribution in [3.8, 4) is 11.5 Å². The molecule has 102 valence electrons. The monoisotopic (exact) mass is 260 g/mol. The van der Waals surface area contributed by atoms with Crippen LogP contribution in [-0.2, 0) is 6.42 Å². The topological polar surface area (TPSA) is 57.4 Å². The van der Waals surface area contributed by atoms with Crippen molar-refractivity contribution in [2.45, 2.75) is 26.3 Å². The molecule has 1 aromatic carbocycles. The zero-order valence-corrected chi connectivity index (χ0v) is 11.9. The number of benzene rings is 1. The number of aromatic nitrogens is 1. The van der Waals surface area contributed by atoms with E-state index in [1.54, 1.807) is 14.2 Å². The molecule has 0 radical (unpaired) electrons. The van der Waals surface area contributed by atoms with Gasteiger partial charge in [-0.3, -0.25) is 4.98 Å². The first-order chi connectivity index (χ1) is 9.06. The molecule has 1 aromatic heterocycles. The van der Waals surface area contributed by atoms with Crippen molar-refractivity contribution >= 4 is 10.9 Å². The summed E-state index contributed by atoms with van der Waals surface area (Å²) in [6, 6.07) is 5.87. The molecule has 0 aliphatic carbocycles. The molecule has 0 bridgehead atoms. The van der Waals surface area contributed by atoms with Gasteiger partial charge in [-0.15, -0.1) is 0 Å². The summed E-state index contributed by atoms with van der Waals surface area (Å²) in [4.78, 5) is 4.55. The molecule has 4 nitrogen and oxygen atoms in total. The molecule has 4 heteroatoms. The highest BCUT2D eigenvalue weighted by Gasteiger charge is 2.15. The Morgan fingerprint density at radius 1 is 1.21 bits per heavy atom. The quantitative estimate of drug-likeness (QED) is 0.917. The van der Waals surface area contributed by atoms with Crippen molar-refractivity contribution in [2.24, 2.45) is 5.73 Å². The number of rotatable bonds is 4. The van der Waals surface area contributed by atoms with Crippen LogP contribution in [0.1, 0.15) is 18.2 Å². The molecule has 0 aliphatic heterocycles. The van der Waals surface area contributed by atoms with Crippen LogP contribution in [0.4, 0.5) is 0 Å². The molecule has 1 heterocycles. The van der Waals surface area contributed by atoms with Crippen LogP contribution in [-0.4, -0.2) is 25.2 Å². The summed E-state index contributed by atoms with van der Waals surface area (Å²) in [6.07, 6.45) is 0.724. The zero-order valence-electron chi connectivity index (χ0n) is 11.9. The zero-order chi connectivity index (χ0) is 14.0. The lowest BCUT2D eigenvalue weighted by Gasteiger charge is -2.16. The first kappa shape index (κ1) is 13.6. The smallest absolute Gasteiger partial charge is 0.130 e. The van der Waals surface area contributed by atoms with Gasteiger partial charge in [-0.1, -0.05) is 0 Å². The molecule has 1 unspecified atom stereocenters. The number of hydrogen-bond acceptors (Lipinski definition) is 4. The summed E-state index contributed by atoms with van der Waals surface area (Å²) < 4.78 is 10.9. The summed E-state index contributed by atoms with van der Waals surface area (Å²) in [5, 5.41) is 0.991. The highest BCUT2D eigenvalue weighted by Crippen LogP contribution is 2.34. The van der Waals surface area contributed by atoms with E-state index in [0.29, 0.717) is 0 Å². The lowest BCUT2D eigenvalue weighted by molar-refractivity contribution is 0.406. The van der Waals surface area contributed by atoms with Crippen molar-refractivity contribution in [2.75, 3.05) is 14.2 Å². The number of methoxy groups -OCH3 is 2. The van der Waals surface area contributed by atoms with E-state index in [1.807, 2.05) is 32.0 Å². The maximum atomic E-state index is 5.94. The van der Waals surface area contributed by atoms with Crippen LogP contribution in [0.25, 0.3) is 10.9 Å². The van der Waals surface area contributed by atoms with Gasteiger partial charge in [0.15, 0.2) is 0 Å². The van der Waals surface area contributed by atoms with Gasteiger partial charge in [-0.05, 0) is 32.4 Å². The highest BCUT2D eigenvalue weighted by atomic mass is 16.5. The van der Waals surface area contributed by atoms with Crippen molar-refractivity contribution in [1.82, 2.24) is 4.98 Å². The summed E-state index contributed by atoms with van der Waals surface area (Å²) in [5.41, 5.74) is 8.84. The standard InChI is InChI=1S/C15H20N2O2/c1-9(16)7-11-13(18-3)6-5-12-15(11)14(19-4)8-10(2)17-12/h5-6,8-9H,7,16H2,1-4H3. The maximum absolute atomic E-state index is 5.94. The Bertz CT molecular complexity index is 594. The predicted octanol–water partition coefficient (Wildman–Crippen LogP) is 2.45. The van der Waals surface area contributed by atoms with E-state index in [0.717, 1.165) is 40.1 Å². The normalized spacial score (nSPS) is 12.5. The van der Waals surface area contributed by atoms with E-state index in [4.69, 9.17) is 15.2 Å². The number of fused-ring (bicyclic) bond motifs is 1. The number of nitrogens with two attached hydrogens (primary N) is 1. The first-order valence-corrected chi connectivity index (χ1v) is 6.33. The fraction of sp³-hybridized carbons (Fsp3) is 0.400. The maximum Gasteiger partial charge on any atom is 0.130 e. The second-order valence-electron chi connectivity index (χ2n) is 4.79. The Kier molecular flexibility index (Phi) is 3.90. The van der Waals surface area contributed by atoms with Crippen molar-refractivity contribution < 1.29 is 9.47 Å². The lowest BCUT2D eigenvalue weighted by atomic mass is 10.00. The molecule has 19 heavy (non-hydrogen) atoms. The van der Waals surface area contributed by atoms with Gasteiger partial charge in [-0.25, -0.2) is 0 Å². The van der Waals surface area contributed by atoms with Gasteiger partial charge in [0.1, 0.15) is 11.5 Å². The minimum atomic E-state index is 0.0468. The van der Waals surface area contributed by atoms with Crippen LogP contribution in [0, 0.1) is 6.92 Å². The molecular formula is C15H20N2O2. The summed E-state index contributed by atoms with van der Waals surface area (Å²) in [5.74, 6) is 1.64. The van der Waals surface area contributed by atoms with Gasteiger partial charge < -0.3 is 15.2 Å². The van der Waals surface area contributed by atoms with Crippen molar-refractivity contribution in [3.05, 3.63) is 29.5 Å². The van der Waals surface area contributed by atoms with E-state index >= 15 is 0 Å². The number of pyridine rings is 1. The number of aryl methyl sites for hydroxylation is 1. The predicted molar refractivity (Wildman–Crippen MR) is 76.9 cm³/mol. The molecular weight excluding hydrogens is 240 g/mol. The molecule has 0 amide bonds. The van der Waals surface area contributed by atoms with Crippen LogP contribution < -0.4 is 15.2 Å². The summed E-state index contributed by atoms with van der Waals surface area (Å²) in [6.45, 7) is 3.93. The Morgan fingerprint density at radius 3 is 2.47 bits per heavy atom. The molecule has 0 saturated heterocycles. The van der Waals surface area contributed by atoms with Crippen LogP contribution in [0.5, 0.6) is 11.5 Å². The molecule has 2 N–H and O–H groups in total. The van der Waals surface area contributed by atoms with Gasteiger partial charge in [-0.2, -0.15) is 0 Å². The van der Waals surface area contributed by atoms with Crippen LogP contribution in [0.15, 0.2) is 18.2 Å². The highest BCUT2D eigenvalue weighted by molar-refractivity contribution is 5.90. The van der Waals surface area contributed by atoms with Gasteiger partial charge >= 0.3 is 0 Å². The lowest BCUT2D eigenvalue weighted by Crippen LogP contribution is -2.18. The van der Waals surface area contributed by atoms with Crippen LogP contribution >= 0.6 is 0 Å². The van der Waals surface area contributed by atoms with Crippen LogP contribution in [0.3, 0.4) is 0 Å². The van der Waals surface area contributed by atoms with Gasteiger partial charge in [0.2, 0.25) is 0 Å².